The van der Waals surface area contributed by atoms with Crippen LogP contribution < -0.4 is 4.74 Å². The van der Waals surface area contributed by atoms with Gasteiger partial charge in [-0.2, -0.15) is 0 Å². The van der Waals surface area contributed by atoms with Gasteiger partial charge >= 0.3 is 0 Å². The van der Waals surface area contributed by atoms with Crippen molar-refractivity contribution >= 4 is 47.0 Å². The molecule has 2 fully saturated rings. The van der Waals surface area contributed by atoms with Crippen molar-refractivity contribution in [2.75, 3.05) is 29.6 Å². The Kier molecular flexibility index (Phi) is 6.05. The van der Waals surface area contributed by atoms with E-state index in [9.17, 15) is 0 Å². The van der Waals surface area contributed by atoms with Crippen LogP contribution in [0.15, 0.2) is 24.3 Å². The molecule has 2 heterocycles. The molecular weight excluding hydrogens is 336 g/mol. The smallest absolute Gasteiger partial charge is 0.119 e. The summed E-state index contributed by atoms with van der Waals surface area (Å²) in [5.74, 6) is 6.13. The lowest BCUT2D eigenvalue weighted by Gasteiger charge is -2.32. The van der Waals surface area contributed by atoms with E-state index in [1.54, 1.807) is 0 Å². The summed E-state index contributed by atoms with van der Waals surface area (Å²) < 4.78 is 6.88. The Labute approximate surface area is 145 Å². The van der Waals surface area contributed by atoms with Gasteiger partial charge in [-0.25, -0.2) is 0 Å². The predicted octanol–water partition coefficient (Wildman–Crippen LogP) is 5.52. The summed E-state index contributed by atoms with van der Waals surface area (Å²) in [6.45, 7) is 3.11. The van der Waals surface area contributed by atoms with Gasteiger partial charge in [-0.15, -0.1) is 47.0 Å². The second-order valence-corrected chi connectivity index (χ2v) is 11.6. The van der Waals surface area contributed by atoms with E-state index in [4.69, 9.17) is 4.74 Å². The van der Waals surface area contributed by atoms with Crippen molar-refractivity contribution in [3.63, 3.8) is 0 Å². The molecule has 2 saturated heterocycles. The van der Waals surface area contributed by atoms with Crippen molar-refractivity contribution in [1.29, 1.82) is 0 Å². The van der Waals surface area contributed by atoms with Crippen LogP contribution in [-0.2, 0) is 0 Å². The van der Waals surface area contributed by atoms with E-state index >= 15 is 0 Å². The van der Waals surface area contributed by atoms with E-state index < -0.39 is 0 Å². The maximum Gasteiger partial charge on any atom is 0.119 e. The molecule has 0 saturated carbocycles. The molecule has 0 amide bonds. The van der Waals surface area contributed by atoms with E-state index in [0.29, 0.717) is 4.58 Å². The molecule has 5 heteroatoms. The van der Waals surface area contributed by atoms with Crippen LogP contribution in [0.3, 0.4) is 0 Å². The van der Waals surface area contributed by atoms with Gasteiger partial charge < -0.3 is 4.74 Å². The van der Waals surface area contributed by atoms with Crippen molar-refractivity contribution in [3.8, 4) is 5.75 Å². The molecule has 0 radical (unpaired) electrons. The molecule has 21 heavy (non-hydrogen) atoms. The van der Waals surface area contributed by atoms with Gasteiger partial charge in [0.25, 0.3) is 0 Å². The highest BCUT2D eigenvalue weighted by atomic mass is 32.2. The minimum atomic E-state index is 0.228. The minimum Gasteiger partial charge on any atom is -0.491 e. The fourth-order valence-corrected chi connectivity index (χ4v) is 8.01. The largest absolute Gasteiger partial charge is 0.491 e. The summed E-state index contributed by atoms with van der Waals surface area (Å²) in [6.07, 6.45) is 2.68. The zero-order chi connectivity index (χ0) is 14.5. The van der Waals surface area contributed by atoms with Crippen molar-refractivity contribution in [2.24, 2.45) is 0 Å². The van der Waals surface area contributed by atoms with Gasteiger partial charge in [0.1, 0.15) is 12.4 Å². The average molecular weight is 359 g/mol. The molecule has 2 aliphatic rings. The van der Waals surface area contributed by atoms with Gasteiger partial charge in [0, 0.05) is 0 Å². The fraction of sp³-hybridized carbons (Fsp3) is 0.625. The summed E-state index contributed by atoms with van der Waals surface area (Å²) in [5.41, 5.74) is 1.43. The van der Waals surface area contributed by atoms with Gasteiger partial charge in [0.15, 0.2) is 0 Å². The molecule has 0 unspecified atom stereocenters. The van der Waals surface area contributed by atoms with Crippen LogP contribution >= 0.6 is 47.0 Å². The quantitative estimate of drug-likeness (QED) is 0.698. The second kappa shape index (κ2) is 7.80. The first-order valence-electron chi connectivity index (χ1n) is 7.49. The van der Waals surface area contributed by atoms with Gasteiger partial charge in [-0.05, 0) is 60.5 Å². The molecule has 1 nitrogen and oxygen atoms in total. The molecule has 1 aromatic rings. The zero-order valence-electron chi connectivity index (χ0n) is 12.4. The van der Waals surface area contributed by atoms with Crippen LogP contribution in [0.4, 0.5) is 0 Å². The van der Waals surface area contributed by atoms with Gasteiger partial charge in [0.05, 0.1) is 8.66 Å². The first-order chi connectivity index (χ1) is 10.3. The fourth-order valence-electron chi connectivity index (χ4n) is 2.38. The Morgan fingerprint density at radius 3 is 2.29 bits per heavy atom. The highest BCUT2D eigenvalue weighted by Gasteiger charge is 2.29. The number of benzene rings is 1. The summed E-state index contributed by atoms with van der Waals surface area (Å²) >= 11 is 8.23. The van der Waals surface area contributed by atoms with Crippen LogP contribution in [0.5, 0.6) is 5.75 Å². The summed E-state index contributed by atoms with van der Waals surface area (Å²) in [6, 6.07) is 8.78. The van der Waals surface area contributed by atoms with Crippen LogP contribution in [-0.4, -0.2) is 33.7 Å². The van der Waals surface area contributed by atoms with E-state index in [1.165, 1.54) is 41.4 Å². The zero-order valence-corrected chi connectivity index (χ0v) is 15.6. The lowest BCUT2D eigenvalue weighted by atomic mass is 10.2. The SMILES string of the molecule is CC1(COc2ccc(C3SCCCS3)cc2)SCCCS1. The third-order valence-electron chi connectivity index (χ3n) is 3.58. The molecule has 0 bridgehead atoms. The summed E-state index contributed by atoms with van der Waals surface area (Å²) in [5, 5.41) is 0. The molecule has 0 spiro atoms. The molecular formula is C16H22OS4. The molecule has 0 aromatic heterocycles. The maximum absolute atomic E-state index is 6.04. The molecule has 0 aliphatic carbocycles. The van der Waals surface area contributed by atoms with Crippen molar-refractivity contribution in [3.05, 3.63) is 29.8 Å². The van der Waals surface area contributed by atoms with E-state index in [-0.39, 0.29) is 4.08 Å². The maximum atomic E-state index is 6.04. The van der Waals surface area contributed by atoms with Crippen LogP contribution in [0, 0.1) is 0 Å². The third-order valence-corrected chi connectivity index (χ3v) is 9.75. The first-order valence-corrected chi connectivity index (χ1v) is 11.6. The number of hydrogen-bond acceptors (Lipinski definition) is 5. The predicted molar refractivity (Wildman–Crippen MR) is 102 cm³/mol. The number of ether oxygens (including phenoxy) is 1. The Morgan fingerprint density at radius 1 is 1.00 bits per heavy atom. The number of hydrogen-bond donors (Lipinski definition) is 0. The highest BCUT2D eigenvalue weighted by Crippen LogP contribution is 2.44. The van der Waals surface area contributed by atoms with Crippen LogP contribution in [0.1, 0.15) is 29.9 Å². The Morgan fingerprint density at radius 2 is 1.62 bits per heavy atom. The van der Waals surface area contributed by atoms with Gasteiger partial charge in [0.2, 0.25) is 0 Å². The van der Waals surface area contributed by atoms with Crippen molar-refractivity contribution in [2.45, 2.75) is 28.4 Å². The standard InChI is InChI=1S/C16H22OS4/c1-16(20-10-3-11-21-16)12-17-14-6-4-13(5-7-14)15-18-8-2-9-19-15/h4-7,15H,2-3,8-12H2,1H3. The van der Waals surface area contributed by atoms with E-state index in [2.05, 4.69) is 54.7 Å². The second-order valence-electron chi connectivity index (χ2n) is 5.47. The Balaban J connectivity index is 1.54. The average Bonchev–Trinajstić information content (AvgIpc) is 2.55. The molecule has 1 aromatic carbocycles. The van der Waals surface area contributed by atoms with Crippen LogP contribution in [0.25, 0.3) is 0 Å². The lowest BCUT2D eigenvalue weighted by molar-refractivity contribution is 0.312. The molecule has 0 atom stereocenters. The molecule has 3 rings (SSSR count). The number of rotatable bonds is 4. The van der Waals surface area contributed by atoms with Crippen molar-refractivity contribution < 1.29 is 4.74 Å². The topological polar surface area (TPSA) is 9.23 Å². The number of thioether (sulfide) groups is 4. The van der Waals surface area contributed by atoms with Crippen LogP contribution in [0.2, 0.25) is 0 Å². The molecule has 116 valence electrons. The lowest BCUT2D eigenvalue weighted by Crippen LogP contribution is -2.28. The molecule has 2 aliphatic heterocycles. The van der Waals surface area contributed by atoms with Crippen molar-refractivity contribution in [1.82, 2.24) is 0 Å². The van der Waals surface area contributed by atoms with E-state index in [0.717, 1.165) is 12.4 Å². The summed E-state index contributed by atoms with van der Waals surface area (Å²) in [4.78, 5) is 0. The Bertz CT molecular complexity index is 436. The van der Waals surface area contributed by atoms with E-state index in [1.807, 2.05) is 23.5 Å². The normalized spacial score (nSPS) is 22.9. The first kappa shape index (κ1) is 16.3. The van der Waals surface area contributed by atoms with Gasteiger partial charge in [-0.1, -0.05) is 12.1 Å². The summed E-state index contributed by atoms with van der Waals surface area (Å²) in [7, 11) is 0. The minimum absolute atomic E-state index is 0.228. The Hall–Kier alpha value is 0.420. The third kappa shape index (κ3) is 4.69. The van der Waals surface area contributed by atoms with Gasteiger partial charge in [-0.3, -0.25) is 0 Å². The molecule has 0 N–H and O–H groups in total. The highest BCUT2D eigenvalue weighted by molar-refractivity contribution is 8.18. The monoisotopic (exact) mass is 358 g/mol.